The van der Waals surface area contributed by atoms with Crippen molar-refractivity contribution in [3.63, 3.8) is 0 Å². The van der Waals surface area contributed by atoms with Crippen LogP contribution in [-0.4, -0.2) is 11.7 Å². The van der Waals surface area contributed by atoms with Crippen LogP contribution in [0.2, 0.25) is 10.0 Å². The summed E-state index contributed by atoms with van der Waals surface area (Å²) in [5, 5.41) is 10.9. The highest BCUT2D eigenvalue weighted by Gasteiger charge is 2.46. The lowest BCUT2D eigenvalue weighted by atomic mass is 9.73. The van der Waals surface area contributed by atoms with Gasteiger partial charge >= 0.3 is 0 Å². The van der Waals surface area contributed by atoms with Gasteiger partial charge < -0.3 is 16.6 Å². The van der Waals surface area contributed by atoms with Gasteiger partial charge in [0.05, 0.1) is 27.9 Å². The smallest absolute Gasteiger partial charge is 0.0717 e. The molecule has 2 aromatic rings. The third-order valence-electron chi connectivity index (χ3n) is 4.69. The number of aliphatic hydroxyl groups is 1. The molecule has 0 amide bonds. The summed E-state index contributed by atoms with van der Waals surface area (Å²) in [6, 6.07) is 13.5. The van der Waals surface area contributed by atoms with E-state index in [0.29, 0.717) is 27.2 Å². The third kappa shape index (κ3) is 3.07. The van der Waals surface area contributed by atoms with Gasteiger partial charge in [-0.1, -0.05) is 53.5 Å². The molecule has 1 aliphatic carbocycles. The van der Waals surface area contributed by atoms with Crippen LogP contribution in [-0.2, 0) is 5.54 Å². The Hall–Kier alpha value is -1.26. The van der Waals surface area contributed by atoms with Gasteiger partial charge in [0.15, 0.2) is 0 Å². The van der Waals surface area contributed by atoms with Gasteiger partial charge in [-0.25, -0.2) is 0 Å². The van der Waals surface area contributed by atoms with Crippen molar-refractivity contribution in [3.05, 3.63) is 63.6 Å². The van der Waals surface area contributed by atoms with E-state index < -0.39 is 5.54 Å². The normalized spacial score (nSPS) is 18.4. The Kier molecular flexibility index (Phi) is 4.56. The molecule has 0 aliphatic heterocycles. The molecule has 1 aliphatic rings. The van der Waals surface area contributed by atoms with Gasteiger partial charge in [-0.3, -0.25) is 0 Å². The summed E-state index contributed by atoms with van der Waals surface area (Å²) in [4.78, 5) is 0. The quantitative estimate of drug-likeness (QED) is 0.715. The van der Waals surface area contributed by atoms with E-state index >= 15 is 0 Å². The predicted octanol–water partition coefficient (Wildman–Crippen LogP) is 3.92. The molecule has 0 heterocycles. The lowest BCUT2D eigenvalue weighted by Crippen LogP contribution is -2.47. The van der Waals surface area contributed by atoms with E-state index in [1.54, 1.807) is 12.1 Å². The maximum Gasteiger partial charge on any atom is 0.0717 e. The summed E-state index contributed by atoms with van der Waals surface area (Å²) in [5.74, 6) is 0.453. The maximum absolute atomic E-state index is 10.2. The van der Waals surface area contributed by atoms with Gasteiger partial charge in [-0.15, -0.1) is 0 Å². The van der Waals surface area contributed by atoms with Crippen LogP contribution in [0.5, 0.6) is 0 Å². The third-order valence-corrected chi connectivity index (χ3v) is 5.31. The number of aliphatic hydroxyl groups excluding tert-OH is 1. The summed E-state index contributed by atoms with van der Waals surface area (Å²) in [7, 11) is 0. The Balaban J connectivity index is 2.11. The molecule has 0 saturated heterocycles. The fraction of sp³-hybridized carbons (Fsp3) is 0.333. The van der Waals surface area contributed by atoms with E-state index in [1.165, 1.54) is 0 Å². The first kappa shape index (κ1) is 16.6. The van der Waals surface area contributed by atoms with Crippen molar-refractivity contribution in [2.45, 2.75) is 24.3 Å². The molecule has 0 radical (unpaired) electrons. The van der Waals surface area contributed by atoms with E-state index in [9.17, 15) is 5.11 Å². The van der Waals surface area contributed by atoms with Crippen LogP contribution in [0, 0.1) is 5.92 Å². The van der Waals surface area contributed by atoms with Gasteiger partial charge in [-0.05, 0) is 42.0 Å². The average molecular weight is 351 g/mol. The summed E-state index contributed by atoms with van der Waals surface area (Å²) >= 11 is 12.4. The predicted molar refractivity (Wildman–Crippen MR) is 95.7 cm³/mol. The van der Waals surface area contributed by atoms with Gasteiger partial charge in [-0.2, -0.15) is 0 Å². The summed E-state index contributed by atoms with van der Waals surface area (Å²) < 4.78 is 0. The zero-order valence-electron chi connectivity index (χ0n) is 12.7. The molecule has 5 heteroatoms. The van der Waals surface area contributed by atoms with Gasteiger partial charge in [0.25, 0.3) is 0 Å². The molecule has 3 nitrogen and oxygen atoms in total. The Morgan fingerprint density at radius 3 is 2.17 bits per heavy atom. The topological polar surface area (TPSA) is 72.3 Å². The Morgan fingerprint density at radius 2 is 1.70 bits per heavy atom. The SMILES string of the molecule is Nc1c(Cl)cc(C(N)(CO)C(c2ccccc2)C2CC2)cc1Cl. The highest BCUT2D eigenvalue weighted by Crippen LogP contribution is 2.51. The second-order valence-corrected chi connectivity index (χ2v) is 7.09. The molecule has 2 aromatic carbocycles. The van der Waals surface area contributed by atoms with Crippen molar-refractivity contribution in [2.24, 2.45) is 11.7 Å². The molecule has 122 valence electrons. The van der Waals surface area contributed by atoms with Crippen LogP contribution in [0.3, 0.4) is 0 Å². The summed E-state index contributed by atoms with van der Waals surface area (Å²) in [5.41, 5.74) is 13.8. The Bertz CT molecular complexity index is 680. The van der Waals surface area contributed by atoms with E-state index in [0.717, 1.165) is 18.4 Å². The molecule has 0 bridgehead atoms. The van der Waals surface area contributed by atoms with Crippen LogP contribution in [0.4, 0.5) is 5.69 Å². The van der Waals surface area contributed by atoms with E-state index in [-0.39, 0.29) is 12.5 Å². The lowest BCUT2D eigenvalue weighted by molar-refractivity contribution is 0.161. The van der Waals surface area contributed by atoms with Gasteiger partial charge in [0.1, 0.15) is 0 Å². The van der Waals surface area contributed by atoms with Crippen molar-refractivity contribution in [1.29, 1.82) is 0 Å². The highest BCUT2D eigenvalue weighted by molar-refractivity contribution is 6.38. The molecular formula is C18H20Cl2N2O. The highest BCUT2D eigenvalue weighted by atomic mass is 35.5. The van der Waals surface area contributed by atoms with Crippen LogP contribution in [0.15, 0.2) is 42.5 Å². The standard InChI is InChI=1S/C18H20Cl2N2O/c19-14-8-13(9-15(20)17(14)21)18(22,10-23)16(12-6-7-12)11-4-2-1-3-5-11/h1-5,8-9,12,16,23H,6-7,10,21-22H2. The molecule has 23 heavy (non-hydrogen) atoms. The number of benzene rings is 2. The first-order valence-electron chi connectivity index (χ1n) is 7.67. The fourth-order valence-electron chi connectivity index (χ4n) is 3.30. The van der Waals surface area contributed by atoms with Crippen molar-refractivity contribution in [2.75, 3.05) is 12.3 Å². The number of halogens is 2. The van der Waals surface area contributed by atoms with Gasteiger partial charge in [0.2, 0.25) is 0 Å². The molecule has 3 rings (SSSR count). The van der Waals surface area contributed by atoms with Crippen LogP contribution >= 0.6 is 23.2 Å². The molecule has 5 N–H and O–H groups in total. The zero-order chi connectivity index (χ0) is 16.6. The lowest BCUT2D eigenvalue weighted by Gasteiger charge is -2.37. The number of hydrogen-bond donors (Lipinski definition) is 3. The molecular weight excluding hydrogens is 331 g/mol. The van der Waals surface area contributed by atoms with E-state index in [1.807, 2.05) is 18.2 Å². The minimum absolute atomic E-state index is 0.00413. The Labute approximate surface area is 146 Å². The number of nitrogen functional groups attached to an aromatic ring is 1. The molecule has 0 spiro atoms. The van der Waals surface area contributed by atoms with Crippen molar-refractivity contribution in [1.82, 2.24) is 0 Å². The van der Waals surface area contributed by atoms with E-state index in [4.69, 9.17) is 34.7 Å². The minimum Gasteiger partial charge on any atom is -0.396 e. The maximum atomic E-state index is 10.2. The van der Waals surface area contributed by atoms with Crippen molar-refractivity contribution >= 4 is 28.9 Å². The zero-order valence-corrected chi connectivity index (χ0v) is 14.2. The van der Waals surface area contributed by atoms with Crippen molar-refractivity contribution in [3.8, 4) is 0 Å². The second-order valence-electron chi connectivity index (χ2n) is 6.28. The summed E-state index contributed by atoms with van der Waals surface area (Å²) in [6.45, 7) is -0.195. The number of anilines is 1. The molecule has 1 saturated carbocycles. The minimum atomic E-state index is -0.955. The van der Waals surface area contributed by atoms with Crippen LogP contribution in [0.1, 0.15) is 29.9 Å². The molecule has 2 atom stereocenters. The molecule has 1 fully saturated rings. The first-order chi connectivity index (χ1) is 11.0. The van der Waals surface area contributed by atoms with Crippen LogP contribution in [0.25, 0.3) is 0 Å². The monoisotopic (exact) mass is 350 g/mol. The largest absolute Gasteiger partial charge is 0.396 e. The fourth-order valence-corrected chi connectivity index (χ4v) is 3.79. The average Bonchev–Trinajstić information content (AvgIpc) is 3.37. The van der Waals surface area contributed by atoms with Crippen LogP contribution < -0.4 is 11.5 Å². The number of hydrogen-bond acceptors (Lipinski definition) is 3. The van der Waals surface area contributed by atoms with Gasteiger partial charge in [0, 0.05) is 5.92 Å². The molecule has 2 unspecified atom stereocenters. The second kappa shape index (κ2) is 6.33. The first-order valence-corrected chi connectivity index (χ1v) is 8.42. The van der Waals surface area contributed by atoms with Crippen molar-refractivity contribution < 1.29 is 5.11 Å². The molecule has 0 aromatic heterocycles. The Morgan fingerprint density at radius 1 is 1.13 bits per heavy atom. The number of nitrogens with two attached hydrogens (primary N) is 2. The van der Waals surface area contributed by atoms with E-state index in [2.05, 4.69) is 12.1 Å². The summed E-state index contributed by atoms with van der Waals surface area (Å²) in [6.07, 6.45) is 2.21. The number of rotatable bonds is 5.